The summed E-state index contributed by atoms with van der Waals surface area (Å²) in [5.41, 5.74) is 4.46. The Morgan fingerprint density at radius 2 is 1.83 bits per heavy atom. The van der Waals surface area contributed by atoms with Gasteiger partial charge in [0, 0.05) is 6.42 Å². The fourth-order valence-corrected chi connectivity index (χ4v) is 2.17. The lowest BCUT2D eigenvalue weighted by atomic mass is 9.71. The molecule has 0 aromatic heterocycles. The Labute approximate surface area is 73.0 Å². The molecule has 2 rings (SSSR count). The molecule has 1 aromatic carbocycles. The van der Waals surface area contributed by atoms with E-state index < -0.39 is 5.60 Å². The second-order valence-corrected chi connectivity index (χ2v) is 4.00. The highest BCUT2D eigenvalue weighted by atomic mass is 16.3. The van der Waals surface area contributed by atoms with E-state index in [-0.39, 0.29) is 0 Å². The van der Waals surface area contributed by atoms with Crippen molar-refractivity contribution in [3.8, 4) is 0 Å². The number of hydrogen-bond donors (Lipinski definition) is 1. The molecule has 1 aliphatic rings. The summed E-state index contributed by atoms with van der Waals surface area (Å²) in [7, 11) is 0. The predicted molar refractivity (Wildman–Crippen MR) is 49.2 cm³/mol. The van der Waals surface area contributed by atoms with Gasteiger partial charge < -0.3 is 5.11 Å². The first-order valence-electron chi connectivity index (χ1n) is 4.34. The average Bonchev–Trinajstić information content (AvgIpc) is 1.94. The van der Waals surface area contributed by atoms with Crippen LogP contribution >= 0.6 is 0 Å². The van der Waals surface area contributed by atoms with E-state index in [2.05, 4.69) is 26.0 Å². The third-order valence-electron chi connectivity index (χ3n) is 2.82. The zero-order valence-electron chi connectivity index (χ0n) is 7.81. The second-order valence-electron chi connectivity index (χ2n) is 4.00. The van der Waals surface area contributed by atoms with Crippen molar-refractivity contribution in [2.45, 2.75) is 32.8 Å². The highest BCUT2D eigenvalue weighted by Crippen LogP contribution is 2.42. The summed E-state index contributed by atoms with van der Waals surface area (Å²) in [5.74, 6) is 0. The Morgan fingerprint density at radius 1 is 1.25 bits per heavy atom. The summed E-state index contributed by atoms with van der Waals surface area (Å²) in [5, 5.41) is 9.87. The third-order valence-corrected chi connectivity index (χ3v) is 2.82. The van der Waals surface area contributed by atoms with Gasteiger partial charge in [0.1, 0.15) is 0 Å². The van der Waals surface area contributed by atoms with Crippen molar-refractivity contribution in [2.24, 2.45) is 0 Å². The minimum Gasteiger partial charge on any atom is -0.385 e. The number of benzene rings is 1. The molecule has 1 aromatic rings. The highest BCUT2D eigenvalue weighted by molar-refractivity contribution is 5.51. The van der Waals surface area contributed by atoms with Gasteiger partial charge in [-0.3, -0.25) is 0 Å². The van der Waals surface area contributed by atoms with Crippen LogP contribution in [-0.2, 0) is 12.0 Å². The van der Waals surface area contributed by atoms with Gasteiger partial charge >= 0.3 is 0 Å². The van der Waals surface area contributed by atoms with Gasteiger partial charge in [0.25, 0.3) is 0 Å². The molecular weight excluding hydrogens is 148 g/mol. The van der Waals surface area contributed by atoms with E-state index in [4.69, 9.17) is 0 Å². The molecule has 1 unspecified atom stereocenters. The quantitative estimate of drug-likeness (QED) is 0.619. The number of aryl methyl sites for hydroxylation is 2. The first kappa shape index (κ1) is 7.81. The lowest BCUT2D eigenvalue weighted by Gasteiger charge is -2.39. The monoisotopic (exact) mass is 162 g/mol. The van der Waals surface area contributed by atoms with E-state index in [1.165, 1.54) is 16.7 Å². The van der Waals surface area contributed by atoms with Crippen molar-refractivity contribution in [1.29, 1.82) is 0 Å². The molecule has 0 bridgehead atoms. The highest BCUT2D eigenvalue weighted by Gasteiger charge is 2.38. The van der Waals surface area contributed by atoms with Crippen molar-refractivity contribution in [1.82, 2.24) is 0 Å². The maximum Gasteiger partial charge on any atom is 0.0914 e. The van der Waals surface area contributed by atoms with Gasteiger partial charge in [0.2, 0.25) is 0 Å². The minimum absolute atomic E-state index is 0.564. The molecule has 0 radical (unpaired) electrons. The van der Waals surface area contributed by atoms with Crippen molar-refractivity contribution in [3.63, 3.8) is 0 Å². The van der Waals surface area contributed by atoms with Gasteiger partial charge in [-0.25, -0.2) is 0 Å². The molecule has 0 saturated heterocycles. The number of aliphatic hydroxyl groups is 1. The summed E-state index contributed by atoms with van der Waals surface area (Å²) < 4.78 is 0. The van der Waals surface area contributed by atoms with E-state index in [0.29, 0.717) is 0 Å². The largest absolute Gasteiger partial charge is 0.385 e. The molecule has 1 aliphatic carbocycles. The summed E-state index contributed by atoms with van der Waals surface area (Å²) in [6.07, 6.45) is 0.815. The Morgan fingerprint density at radius 3 is 2.33 bits per heavy atom. The molecule has 0 spiro atoms. The molecule has 0 amide bonds. The van der Waals surface area contributed by atoms with Crippen molar-refractivity contribution >= 4 is 0 Å². The molecule has 12 heavy (non-hydrogen) atoms. The van der Waals surface area contributed by atoms with Crippen LogP contribution in [0.5, 0.6) is 0 Å². The van der Waals surface area contributed by atoms with E-state index in [0.717, 1.165) is 12.0 Å². The van der Waals surface area contributed by atoms with Crippen LogP contribution in [0.3, 0.4) is 0 Å². The third kappa shape index (κ3) is 0.831. The topological polar surface area (TPSA) is 20.2 Å². The summed E-state index contributed by atoms with van der Waals surface area (Å²) in [6.45, 7) is 6.06. The van der Waals surface area contributed by atoms with Crippen LogP contribution in [-0.4, -0.2) is 5.11 Å². The van der Waals surface area contributed by atoms with Crippen LogP contribution in [0, 0.1) is 13.8 Å². The van der Waals surface area contributed by atoms with E-state index >= 15 is 0 Å². The normalized spacial score (nSPS) is 26.3. The number of hydrogen-bond acceptors (Lipinski definition) is 1. The molecule has 0 aliphatic heterocycles. The van der Waals surface area contributed by atoms with Gasteiger partial charge in [-0.1, -0.05) is 12.1 Å². The summed E-state index contributed by atoms with van der Waals surface area (Å²) >= 11 is 0. The zero-order chi connectivity index (χ0) is 8.93. The standard InChI is InChI=1S/C11H14O/c1-7-4-5-8(2)10-9(7)6-11(10,3)12/h4-5,12H,6H2,1-3H3. The molecule has 0 saturated carbocycles. The fourth-order valence-electron chi connectivity index (χ4n) is 2.17. The van der Waals surface area contributed by atoms with Crippen LogP contribution in [0.15, 0.2) is 12.1 Å². The van der Waals surface area contributed by atoms with E-state index in [1.54, 1.807) is 0 Å². The molecule has 64 valence electrons. The Hall–Kier alpha value is -0.820. The molecule has 0 fully saturated rings. The van der Waals surface area contributed by atoms with E-state index in [9.17, 15) is 5.11 Å². The SMILES string of the molecule is Cc1ccc(C)c2c1CC2(C)O. The summed E-state index contributed by atoms with van der Waals surface area (Å²) in [6, 6.07) is 4.21. The Bertz CT molecular complexity index is 337. The van der Waals surface area contributed by atoms with Gasteiger partial charge in [0.05, 0.1) is 5.60 Å². The second kappa shape index (κ2) is 2.11. The van der Waals surface area contributed by atoms with Crippen LogP contribution in [0.2, 0.25) is 0 Å². The predicted octanol–water partition coefficient (Wildman–Crippen LogP) is 2.07. The van der Waals surface area contributed by atoms with Crippen LogP contribution in [0.25, 0.3) is 0 Å². The zero-order valence-corrected chi connectivity index (χ0v) is 7.81. The molecule has 1 atom stereocenters. The molecule has 1 heteroatoms. The maximum absolute atomic E-state index is 9.87. The lowest BCUT2D eigenvalue weighted by molar-refractivity contribution is 0.0317. The van der Waals surface area contributed by atoms with Crippen LogP contribution in [0.4, 0.5) is 0 Å². The van der Waals surface area contributed by atoms with Crippen molar-refractivity contribution in [2.75, 3.05) is 0 Å². The van der Waals surface area contributed by atoms with Gasteiger partial charge in [-0.15, -0.1) is 0 Å². The van der Waals surface area contributed by atoms with Gasteiger partial charge in [0.15, 0.2) is 0 Å². The van der Waals surface area contributed by atoms with Crippen LogP contribution < -0.4 is 0 Å². The van der Waals surface area contributed by atoms with Crippen LogP contribution in [0.1, 0.15) is 29.2 Å². The number of fused-ring (bicyclic) bond motifs is 1. The molecule has 0 heterocycles. The molecular formula is C11H14O. The van der Waals surface area contributed by atoms with Gasteiger partial charge in [-0.2, -0.15) is 0 Å². The first-order chi connectivity index (χ1) is 5.52. The molecule has 1 nitrogen and oxygen atoms in total. The first-order valence-corrected chi connectivity index (χ1v) is 4.34. The Balaban J connectivity index is 2.65. The van der Waals surface area contributed by atoms with E-state index in [1.807, 2.05) is 6.92 Å². The van der Waals surface area contributed by atoms with Crippen molar-refractivity contribution in [3.05, 3.63) is 34.4 Å². The number of rotatable bonds is 0. The van der Waals surface area contributed by atoms with Crippen molar-refractivity contribution < 1.29 is 5.11 Å². The smallest absolute Gasteiger partial charge is 0.0914 e. The Kier molecular flexibility index (Phi) is 1.37. The maximum atomic E-state index is 9.87. The molecule has 1 N–H and O–H groups in total. The fraction of sp³-hybridized carbons (Fsp3) is 0.455. The summed E-state index contributed by atoms with van der Waals surface area (Å²) in [4.78, 5) is 0. The van der Waals surface area contributed by atoms with Gasteiger partial charge in [-0.05, 0) is 43.0 Å². The lowest BCUT2D eigenvalue weighted by Crippen LogP contribution is -2.37. The minimum atomic E-state index is -0.564. The average molecular weight is 162 g/mol.